The lowest BCUT2D eigenvalue weighted by atomic mass is 10.2. The highest BCUT2D eigenvalue weighted by Crippen LogP contribution is 2.24. The van der Waals surface area contributed by atoms with E-state index >= 15 is 0 Å². The molecule has 0 unspecified atom stereocenters. The Labute approximate surface area is 119 Å². The molecule has 0 radical (unpaired) electrons. The Bertz CT molecular complexity index is 436. The van der Waals surface area contributed by atoms with Gasteiger partial charge in [-0.2, -0.15) is 0 Å². The molecule has 0 saturated heterocycles. The van der Waals surface area contributed by atoms with E-state index in [-0.39, 0.29) is 18.2 Å². The van der Waals surface area contributed by atoms with Crippen LogP contribution in [0.15, 0.2) is 4.34 Å². The lowest BCUT2D eigenvalue weighted by molar-refractivity contribution is -0.133. The van der Waals surface area contributed by atoms with E-state index in [4.69, 9.17) is 5.11 Å². The summed E-state index contributed by atoms with van der Waals surface area (Å²) in [5.41, 5.74) is 0. The molecule has 7 nitrogen and oxygen atoms in total. The van der Waals surface area contributed by atoms with Crippen LogP contribution < -0.4 is 10.6 Å². The summed E-state index contributed by atoms with van der Waals surface area (Å²) in [7, 11) is 0. The molecule has 0 aromatic carbocycles. The van der Waals surface area contributed by atoms with E-state index in [1.54, 1.807) is 0 Å². The Morgan fingerprint density at radius 1 is 1.42 bits per heavy atom. The second-order valence-electron chi connectivity index (χ2n) is 4.11. The molecule has 0 saturated carbocycles. The van der Waals surface area contributed by atoms with Crippen molar-refractivity contribution in [2.24, 2.45) is 5.92 Å². The number of carbonyl (C=O) groups excluding carboxylic acids is 1. The number of nitrogens with zero attached hydrogens (tertiary/aromatic N) is 2. The smallest absolute Gasteiger partial charge is 0.313 e. The van der Waals surface area contributed by atoms with Gasteiger partial charge in [-0.25, -0.2) is 0 Å². The zero-order valence-corrected chi connectivity index (χ0v) is 12.3. The maximum atomic E-state index is 11.4. The third-order valence-electron chi connectivity index (χ3n) is 1.83. The summed E-state index contributed by atoms with van der Waals surface area (Å²) in [5, 5.41) is 22.3. The van der Waals surface area contributed by atoms with Gasteiger partial charge in [0.2, 0.25) is 11.0 Å². The molecule has 0 bridgehead atoms. The molecule has 0 fully saturated rings. The average molecular weight is 304 g/mol. The number of rotatable bonds is 8. The molecule has 0 aliphatic heterocycles. The molecule has 1 aromatic rings. The number of hydrogen-bond acceptors (Lipinski definition) is 7. The first-order valence-electron chi connectivity index (χ1n) is 5.66. The fourth-order valence-corrected chi connectivity index (χ4v) is 2.47. The molecule has 106 valence electrons. The van der Waals surface area contributed by atoms with Crippen LogP contribution in [-0.4, -0.2) is 46.0 Å². The molecule has 1 heterocycles. The summed E-state index contributed by atoms with van der Waals surface area (Å²) in [6.45, 7) is 4.80. The van der Waals surface area contributed by atoms with Crippen molar-refractivity contribution in [3.8, 4) is 0 Å². The van der Waals surface area contributed by atoms with Crippen LogP contribution in [0.5, 0.6) is 0 Å². The molecule has 1 amide bonds. The number of aromatic nitrogens is 2. The lowest BCUT2D eigenvalue weighted by Gasteiger charge is -2.07. The predicted molar refractivity (Wildman–Crippen MR) is 74.6 cm³/mol. The van der Waals surface area contributed by atoms with Crippen molar-refractivity contribution < 1.29 is 14.7 Å². The largest absolute Gasteiger partial charge is 0.481 e. The molecule has 0 atom stereocenters. The third kappa shape index (κ3) is 6.97. The normalized spacial score (nSPS) is 10.5. The van der Waals surface area contributed by atoms with E-state index in [2.05, 4.69) is 20.8 Å². The summed E-state index contributed by atoms with van der Waals surface area (Å²) in [6, 6.07) is 0. The molecular weight excluding hydrogens is 288 g/mol. The van der Waals surface area contributed by atoms with Crippen molar-refractivity contribution in [2.45, 2.75) is 18.2 Å². The van der Waals surface area contributed by atoms with E-state index in [1.165, 1.54) is 11.3 Å². The van der Waals surface area contributed by atoms with Crippen molar-refractivity contribution in [2.75, 3.05) is 24.2 Å². The molecule has 0 spiro atoms. The molecule has 9 heteroatoms. The molecule has 19 heavy (non-hydrogen) atoms. The van der Waals surface area contributed by atoms with Gasteiger partial charge in [-0.1, -0.05) is 36.9 Å². The Kier molecular flexibility index (Phi) is 6.57. The van der Waals surface area contributed by atoms with Crippen molar-refractivity contribution in [3.63, 3.8) is 0 Å². The molecule has 3 N–H and O–H groups in total. The van der Waals surface area contributed by atoms with Crippen LogP contribution in [0.1, 0.15) is 13.8 Å². The van der Waals surface area contributed by atoms with Crippen molar-refractivity contribution in [1.29, 1.82) is 0 Å². The predicted octanol–water partition coefficient (Wildman–Crippen LogP) is 0.899. The third-order valence-corrected chi connectivity index (χ3v) is 3.83. The fourth-order valence-electron chi connectivity index (χ4n) is 0.999. The standard InChI is InChI=1S/C10H16N4O3S2/c1-6(2)3-11-7(15)4-12-9-13-14-10(19-9)18-5-8(16)17/h6H,3-5H2,1-2H3,(H,11,15)(H,12,13)(H,16,17). The van der Waals surface area contributed by atoms with Crippen molar-refractivity contribution in [3.05, 3.63) is 0 Å². The zero-order chi connectivity index (χ0) is 14.3. The van der Waals surface area contributed by atoms with Gasteiger partial charge in [0.25, 0.3) is 0 Å². The van der Waals surface area contributed by atoms with Gasteiger partial charge in [0.05, 0.1) is 12.3 Å². The summed E-state index contributed by atoms with van der Waals surface area (Å²) in [5.74, 6) is -0.653. The zero-order valence-electron chi connectivity index (χ0n) is 10.7. The number of carboxylic acid groups (broad SMARTS) is 1. The summed E-state index contributed by atoms with van der Waals surface area (Å²) < 4.78 is 0.562. The summed E-state index contributed by atoms with van der Waals surface area (Å²) in [6.07, 6.45) is 0. The molecule has 1 rings (SSSR count). The van der Waals surface area contributed by atoms with Crippen LogP contribution in [0.3, 0.4) is 0 Å². The fraction of sp³-hybridized carbons (Fsp3) is 0.600. The number of thioether (sulfide) groups is 1. The van der Waals surface area contributed by atoms with Gasteiger partial charge in [0, 0.05) is 6.54 Å². The van der Waals surface area contributed by atoms with E-state index < -0.39 is 5.97 Å². The number of aliphatic carboxylic acids is 1. The Morgan fingerprint density at radius 3 is 2.79 bits per heavy atom. The molecule has 0 aliphatic carbocycles. The topological polar surface area (TPSA) is 104 Å². The van der Waals surface area contributed by atoms with Crippen molar-refractivity contribution >= 4 is 40.1 Å². The van der Waals surface area contributed by atoms with Gasteiger partial charge in [0.15, 0.2) is 4.34 Å². The number of nitrogens with one attached hydrogen (secondary N) is 2. The quantitative estimate of drug-likeness (QED) is 0.613. The van der Waals surface area contributed by atoms with Crippen LogP contribution >= 0.6 is 23.1 Å². The highest BCUT2D eigenvalue weighted by molar-refractivity contribution is 8.01. The second kappa shape index (κ2) is 7.95. The number of carbonyl (C=O) groups is 2. The maximum Gasteiger partial charge on any atom is 0.313 e. The second-order valence-corrected chi connectivity index (χ2v) is 6.31. The van der Waals surface area contributed by atoms with E-state index in [0.717, 1.165) is 11.8 Å². The Hall–Kier alpha value is -1.35. The first-order valence-corrected chi connectivity index (χ1v) is 7.46. The number of hydrogen-bond donors (Lipinski definition) is 3. The lowest BCUT2D eigenvalue weighted by Crippen LogP contribution is -2.32. The van der Waals surface area contributed by atoms with E-state index in [1.807, 2.05) is 13.8 Å². The van der Waals surface area contributed by atoms with Gasteiger partial charge in [0.1, 0.15) is 0 Å². The van der Waals surface area contributed by atoms with Crippen LogP contribution in [0.2, 0.25) is 0 Å². The van der Waals surface area contributed by atoms with Gasteiger partial charge in [-0.15, -0.1) is 10.2 Å². The minimum Gasteiger partial charge on any atom is -0.481 e. The summed E-state index contributed by atoms with van der Waals surface area (Å²) >= 11 is 2.33. The average Bonchev–Trinajstić information content (AvgIpc) is 2.79. The van der Waals surface area contributed by atoms with E-state index in [0.29, 0.717) is 21.9 Å². The maximum absolute atomic E-state index is 11.4. The highest BCUT2D eigenvalue weighted by atomic mass is 32.2. The molecular formula is C10H16N4O3S2. The van der Waals surface area contributed by atoms with Gasteiger partial charge < -0.3 is 15.7 Å². The summed E-state index contributed by atoms with van der Waals surface area (Å²) in [4.78, 5) is 21.8. The van der Waals surface area contributed by atoms with Crippen LogP contribution in [-0.2, 0) is 9.59 Å². The number of carboxylic acids is 1. The molecule has 0 aliphatic rings. The number of anilines is 1. The SMILES string of the molecule is CC(C)CNC(=O)CNc1nnc(SCC(=O)O)s1. The number of amides is 1. The monoisotopic (exact) mass is 304 g/mol. The van der Waals surface area contributed by atoms with Gasteiger partial charge in [-0.05, 0) is 5.92 Å². The van der Waals surface area contributed by atoms with E-state index in [9.17, 15) is 9.59 Å². The van der Waals surface area contributed by atoms with Gasteiger partial charge >= 0.3 is 5.97 Å². The Balaban J connectivity index is 2.29. The van der Waals surface area contributed by atoms with Crippen LogP contribution in [0.25, 0.3) is 0 Å². The highest BCUT2D eigenvalue weighted by Gasteiger charge is 2.08. The minimum absolute atomic E-state index is 0.0521. The molecule has 1 aromatic heterocycles. The Morgan fingerprint density at radius 2 is 2.16 bits per heavy atom. The van der Waals surface area contributed by atoms with Gasteiger partial charge in [-0.3, -0.25) is 9.59 Å². The first-order chi connectivity index (χ1) is 8.97. The van der Waals surface area contributed by atoms with Crippen LogP contribution in [0.4, 0.5) is 5.13 Å². The van der Waals surface area contributed by atoms with Crippen molar-refractivity contribution in [1.82, 2.24) is 15.5 Å². The minimum atomic E-state index is -0.900. The first kappa shape index (κ1) is 15.7. The van der Waals surface area contributed by atoms with Crippen LogP contribution in [0, 0.1) is 5.92 Å².